The fraction of sp³-hybridized carbons (Fsp3) is 0.611. The molecule has 0 spiro atoms. The molecule has 126 valence electrons. The van der Waals surface area contributed by atoms with Crippen LogP contribution in [0.2, 0.25) is 0 Å². The van der Waals surface area contributed by atoms with Gasteiger partial charge in [-0.15, -0.1) is 0 Å². The van der Waals surface area contributed by atoms with Gasteiger partial charge in [0.05, 0.1) is 25.2 Å². The van der Waals surface area contributed by atoms with Crippen LogP contribution in [-0.4, -0.2) is 57.4 Å². The van der Waals surface area contributed by atoms with Crippen LogP contribution in [0.25, 0.3) is 0 Å². The molecule has 0 aromatic heterocycles. The van der Waals surface area contributed by atoms with Crippen LogP contribution in [0.1, 0.15) is 24.8 Å². The van der Waals surface area contributed by atoms with Gasteiger partial charge in [0.25, 0.3) is 0 Å². The highest BCUT2D eigenvalue weighted by atomic mass is 16.5. The van der Waals surface area contributed by atoms with Crippen LogP contribution in [0.5, 0.6) is 5.75 Å². The first-order valence-corrected chi connectivity index (χ1v) is 8.24. The summed E-state index contributed by atoms with van der Waals surface area (Å²) in [6.07, 6.45) is 2.77. The highest BCUT2D eigenvalue weighted by Gasteiger charge is 2.53. The van der Waals surface area contributed by atoms with Crippen molar-refractivity contribution in [2.75, 3.05) is 40.5 Å². The van der Waals surface area contributed by atoms with E-state index >= 15 is 0 Å². The van der Waals surface area contributed by atoms with Crippen molar-refractivity contribution >= 4 is 5.91 Å². The van der Waals surface area contributed by atoms with Gasteiger partial charge in [-0.3, -0.25) is 4.79 Å². The number of morpholine rings is 1. The van der Waals surface area contributed by atoms with Crippen LogP contribution >= 0.6 is 0 Å². The first-order chi connectivity index (χ1) is 11.2. The molecule has 0 bridgehead atoms. The van der Waals surface area contributed by atoms with Crippen molar-refractivity contribution in [1.82, 2.24) is 4.90 Å². The third-order valence-corrected chi connectivity index (χ3v) is 4.87. The van der Waals surface area contributed by atoms with Gasteiger partial charge >= 0.3 is 0 Å². The molecular weight excluding hydrogens is 294 g/mol. The van der Waals surface area contributed by atoms with Crippen LogP contribution < -0.4 is 4.74 Å². The van der Waals surface area contributed by atoms with E-state index in [1.54, 1.807) is 14.2 Å². The van der Waals surface area contributed by atoms with Crippen LogP contribution in [0, 0.1) is 0 Å². The molecule has 2 aliphatic rings. The maximum atomic E-state index is 13.1. The average molecular weight is 319 g/mol. The largest absolute Gasteiger partial charge is 0.497 e. The van der Waals surface area contributed by atoms with Crippen molar-refractivity contribution in [2.24, 2.45) is 0 Å². The second-order valence-corrected chi connectivity index (χ2v) is 6.34. The molecule has 5 nitrogen and oxygen atoms in total. The fourth-order valence-corrected chi connectivity index (χ4v) is 3.29. The third kappa shape index (κ3) is 3.35. The second kappa shape index (κ2) is 6.89. The maximum absolute atomic E-state index is 13.1. The molecule has 1 saturated carbocycles. The Labute approximate surface area is 137 Å². The van der Waals surface area contributed by atoms with Crippen molar-refractivity contribution in [3.63, 3.8) is 0 Å². The second-order valence-electron chi connectivity index (χ2n) is 6.34. The summed E-state index contributed by atoms with van der Waals surface area (Å²) in [7, 11) is 3.34. The Morgan fingerprint density at radius 3 is 2.65 bits per heavy atom. The Morgan fingerprint density at radius 1 is 1.30 bits per heavy atom. The molecule has 0 unspecified atom stereocenters. The summed E-state index contributed by atoms with van der Waals surface area (Å²) in [4.78, 5) is 15.0. The van der Waals surface area contributed by atoms with Gasteiger partial charge in [-0.1, -0.05) is 12.1 Å². The SMILES string of the molecule is COCC[C@H]1CN(C(=O)C2(c3ccc(OC)cc3)CC2)CCO1. The molecule has 5 heteroatoms. The zero-order valence-corrected chi connectivity index (χ0v) is 13.9. The maximum Gasteiger partial charge on any atom is 0.233 e. The Bertz CT molecular complexity index is 538. The topological polar surface area (TPSA) is 48.0 Å². The molecule has 1 heterocycles. The van der Waals surface area contributed by atoms with Crippen molar-refractivity contribution in [3.05, 3.63) is 29.8 Å². The number of carbonyl (C=O) groups is 1. The van der Waals surface area contributed by atoms with Crippen molar-refractivity contribution in [2.45, 2.75) is 30.8 Å². The van der Waals surface area contributed by atoms with Crippen LogP contribution in [0.15, 0.2) is 24.3 Å². The first kappa shape index (κ1) is 16.3. The number of hydrogen-bond donors (Lipinski definition) is 0. The lowest BCUT2D eigenvalue weighted by Crippen LogP contribution is -2.49. The first-order valence-electron chi connectivity index (χ1n) is 8.24. The van der Waals surface area contributed by atoms with E-state index in [9.17, 15) is 4.79 Å². The lowest BCUT2D eigenvalue weighted by Gasteiger charge is -2.35. The van der Waals surface area contributed by atoms with E-state index in [0.717, 1.165) is 30.6 Å². The number of hydrogen-bond acceptors (Lipinski definition) is 4. The highest BCUT2D eigenvalue weighted by molar-refractivity contribution is 5.91. The number of rotatable bonds is 6. The van der Waals surface area contributed by atoms with Gasteiger partial charge in [-0.05, 0) is 37.0 Å². The van der Waals surface area contributed by atoms with Crippen molar-refractivity contribution < 1.29 is 19.0 Å². The zero-order valence-electron chi connectivity index (χ0n) is 13.9. The molecule has 1 aliphatic heterocycles. The summed E-state index contributed by atoms with van der Waals surface area (Å²) in [5.74, 6) is 1.07. The Kier molecular flexibility index (Phi) is 4.87. The minimum Gasteiger partial charge on any atom is -0.497 e. The molecule has 1 aromatic rings. The molecule has 1 aromatic carbocycles. The quantitative estimate of drug-likeness (QED) is 0.804. The normalized spacial score (nSPS) is 22.7. The Hall–Kier alpha value is -1.59. The lowest BCUT2D eigenvalue weighted by atomic mass is 9.93. The number of ether oxygens (including phenoxy) is 3. The number of methoxy groups -OCH3 is 2. The molecule has 3 rings (SSSR count). The van der Waals surface area contributed by atoms with Crippen LogP contribution in [-0.2, 0) is 19.7 Å². The minimum absolute atomic E-state index is 0.0827. The van der Waals surface area contributed by atoms with E-state index in [1.807, 2.05) is 29.2 Å². The van der Waals surface area contributed by atoms with E-state index in [-0.39, 0.29) is 17.4 Å². The number of carbonyl (C=O) groups excluding carboxylic acids is 1. The van der Waals surface area contributed by atoms with Gasteiger partial charge in [0, 0.05) is 26.8 Å². The molecule has 0 radical (unpaired) electrons. The zero-order chi connectivity index (χ0) is 16.3. The summed E-state index contributed by atoms with van der Waals surface area (Å²) < 4.78 is 16.1. The van der Waals surface area contributed by atoms with E-state index in [0.29, 0.717) is 26.3 Å². The standard InChI is InChI=1S/C18H25NO4/c1-21-11-7-16-13-19(10-12-23-16)17(20)18(8-9-18)14-3-5-15(22-2)6-4-14/h3-6,16H,7-13H2,1-2H3/t16-/m0/s1. The summed E-state index contributed by atoms with van der Waals surface area (Å²) in [6, 6.07) is 7.91. The monoisotopic (exact) mass is 319 g/mol. The third-order valence-electron chi connectivity index (χ3n) is 4.87. The predicted octanol–water partition coefficient (Wildman–Crippen LogP) is 1.99. The van der Waals surface area contributed by atoms with Crippen molar-refractivity contribution in [1.29, 1.82) is 0 Å². The van der Waals surface area contributed by atoms with Gasteiger partial charge in [0.1, 0.15) is 5.75 Å². The van der Waals surface area contributed by atoms with Crippen LogP contribution in [0.4, 0.5) is 0 Å². The number of benzene rings is 1. The Balaban J connectivity index is 1.68. The summed E-state index contributed by atoms with van der Waals surface area (Å²) >= 11 is 0. The van der Waals surface area contributed by atoms with E-state index in [4.69, 9.17) is 14.2 Å². The van der Waals surface area contributed by atoms with Gasteiger partial charge < -0.3 is 19.1 Å². The molecule has 1 atom stereocenters. The van der Waals surface area contributed by atoms with Crippen molar-refractivity contribution in [3.8, 4) is 5.75 Å². The highest BCUT2D eigenvalue weighted by Crippen LogP contribution is 2.50. The smallest absolute Gasteiger partial charge is 0.233 e. The molecule has 23 heavy (non-hydrogen) atoms. The Morgan fingerprint density at radius 2 is 2.04 bits per heavy atom. The van der Waals surface area contributed by atoms with Gasteiger partial charge in [0.15, 0.2) is 0 Å². The lowest BCUT2D eigenvalue weighted by molar-refractivity contribution is -0.142. The minimum atomic E-state index is -0.324. The summed E-state index contributed by atoms with van der Waals surface area (Å²) in [6.45, 7) is 2.62. The molecule has 1 amide bonds. The van der Waals surface area contributed by atoms with Crippen LogP contribution in [0.3, 0.4) is 0 Å². The summed E-state index contributed by atoms with van der Waals surface area (Å²) in [5, 5.41) is 0. The van der Waals surface area contributed by atoms with E-state index in [1.165, 1.54) is 0 Å². The summed E-state index contributed by atoms with van der Waals surface area (Å²) in [5.41, 5.74) is 0.776. The van der Waals surface area contributed by atoms with E-state index < -0.39 is 0 Å². The number of nitrogens with zero attached hydrogens (tertiary/aromatic N) is 1. The van der Waals surface area contributed by atoms with E-state index in [2.05, 4.69) is 0 Å². The van der Waals surface area contributed by atoms with Gasteiger partial charge in [0.2, 0.25) is 5.91 Å². The molecule has 0 N–H and O–H groups in total. The molecule has 2 fully saturated rings. The number of amides is 1. The predicted molar refractivity (Wildman–Crippen MR) is 86.7 cm³/mol. The molecule has 1 saturated heterocycles. The average Bonchev–Trinajstić information content (AvgIpc) is 3.41. The van der Waals surface area contributed by atoms with Gasteiger partial charge in [-0.25, -0.2) is 0 Å². The molecular formula is C18H25NO4. The fourth-order valence-electron chi connectivity index (χ4n) is 3.29. The van der Waals surface area contributed by atoms with Gasteiger partial charge in [-0.2, -0.15) is 0 Å². The molecule has 1 aliphatic carbocycles.